The molecule has 1 aliphatic rings. The van der Waals surface area contributed by atoms with Crippen molar-refractivity contribution in [3.8, 4) is 0 Å². The van der Waals surface area contributed by atoms with Crippen LogP contribution in [-0.4, -0.2) is 42.0 Å². The second-order valence-electron chi connectivity index (χ2n) is 10.1. The predicted molar refractivity (Wildman–Crippen MR) is 145 cm³/mol. The van der Waals surface area contributed by atoms with Crippen molar-refractivity contribution < 1.29 is 40.7 Å². The van der Waals surface area contributed by atoms with Crippen molar-refractivity contribution in [2.45, 2.75) is 64.5 Å². The molecular weight excluding hydrogens is 590 g/mol. The molecule has 7 nitrogen and oxygen atoms in total. The fourth-order valence-corrected chi connectivity index (χ4v) is 4.88. The van der Waals surface area contributed by atoms with Crippen LogP contribution in [0.4, 0.5) is 32.0 Å². The van der Waals surface area contributed by atoms with Gasteiger partial charge in [0.05, 0.1) is 16.4 Å². The fourth-order valence-electron chi connectivity index (χ4n) is 4.65. The number of hydrogen-bond acceptors (Lipinski definition) is 4. The molecule has 228 valence electrons. The van der Waals surface area contributed by atoms with Crippen LogP contribution >= 0.6 is 11.6 Å². The second-order valence-corrected chi connectivity index (χ2v) is 10.5. The highest BCUT2D eigenvalue weighted by Crippen LogP contribution is 2.33. The minimum absolute atomic E-state index is 0.158. The quantitative estimate of drug-likeness (QED) is 0.285. The average Bonchev–Trinajstić information content (AvgIpc) is 3.00. The lowest BCUT2D eigenvalue weighted by Gasteiger charge is -2.26. The number of carbonyl (C=O) groups is 3. The van der Waals surface area contributed by atoms with Gasteiger partial charge in [-0.15, -0.1) is 0 Å². The Balaban J connectivity index is 2.01. The first-order valence-electron chi connectivity index (χ1n) is 12.9. The van der Waals surface area contributed by atoms with Gasteiger partial charge in [-0.25, -0.2) is 4.99 Å². The van der Waals surface area contributed by atoms with Gasteiger partial charge < -0.3 is 16.4 Å². The molecule has 4 N–H and O–H groups in total. The van der Waals surface area contributed by atoms with E-state index in [9.17, 15) is 40.7 Å². The van der Waals surface area contributed by atoms with E-state index in [2.05, 4.69) is 15.6 Å². The number of nitrogens with one attached hydrogen (secondary N) is 2. The molecule has 2 aromatic rings. The number of alkyl halides is 6. The minimum atomic E-state index is -4.74. The van der Waals surface area contributed by atoms with Crippen LogP contribution in [0.5, 0.6) is 0 Å². The molecule has 1 unspecified atom stereocenters. The lowest BCUT2D eigenvalue weighted by atomic mass is 9.83. The summed E-state index contributed by atoms with van der Waals surface area (Å²) in [6.07, 6.45) is -16.0. The standard InChI is InChI=1S/C28H29ClF6N4O3/c1-14-8-9-16(13-15(14)2)21-19-5-3-7-20(29)22(19)38-26(42)24(37-21)39-25(41)18(10-12-28(33,34)35)17(23(36)40)6-4-11-27(30,31)32/h3,5,7-9,13,17-18,24H,4,6,10-12H2,1-2H3,(H2,36,40)(H,38,42)(H,39,41)/t17-,18+,24?/m0/s1. The van der Waals surface area contributed by atoms with E-state index < -0.39 is 80.2 Å². The zero-order chi connectivity index (χ0) is 31.4. The normalized spacial score (nSPS) is 16.9. The molecule has 0 radical (unpaired) electrons. The van der Waals surface area contributed by atoms with Gasteiger partial charge in [-0.05, 0) is 56.4 Å². The number of aliphatic imine (C=N–C) groups is 1. The van der Waals surface area contributed by atoms with Crippen molar-refractivity contribution in [2.24, 2.45) is 22.6 Å². The molecule has 0 bridgehead atoms. The van der Waals surface area contributed by atoms with Gasteiger partial charge in [0.1, 0.15) is 0 Å². The molecule has 14 heteroatoms. The summed E-state index contributed by atoms with van der Waals surface area (Å²) in [7, 11) is 0. The number of carbonyl (C=O) groups excluding carboxylic acids is 3. The molecule has 0 fully saturated rings. The SMILES string of the molecule is Cc1ccc(C2=NC(NC(=O)[C@H](CCC(F)(F)F)[C@H](CCCC(F)(F)F)C(N)=O)C(=O)Nc3c(Cl)cccc32)cc1C. The topological polar surface area (TPSA) is 114 Å². The first-order chi connectivity index (χ1) is 19.5. The summed E-state index contributed by atoms with van der Waals surface area (Å²) in [5, 5.41) is 5.02. The molecule has 3 amide bonds. The molecule has 1 aliphatic heterocycles. The molecule has 0 aromatic heterocycles. The Morgan fingerprint density at radius 1 is 1.00 bits per heavy atom. The van der Waals surface area contributed by atoms with Crippen molar-refractivity contribution >= 4 is 40.7 Å². The largest absolute Gasteiger partial charge is 0.389 e. The van der Waals surface area contributed by atoms with Crippen LogP contribution in [-0.2, 0) is 14.4 Å². The van der Waals surface area contributed by atoms with Crippen LogP contribution in [0.2, 0.25) is 5.02 Å². The van der Waals surface area contributed by atoms with Crippen LogP contribution in [0, 0.1) is 25.7 Å². The van der Waals surface area contributed by atoms with Crippen molar-refractivity contribution in [1.29, 1.82) is 0 Å². The lowest BCUT2D eigenvalue weighted by molar-refractivity contribution is -0.147. The maximum atomic E-state index is 13.4. The number of benzodiazepines with no additional fused rings is 1. The summed E-state index contributed by atoms with van der Waals surface area (Å²) in [5.74, 6) is -6.73. The Hall–Kier alpha value is -3.61. The van der Waals surface area contributed by atoms with Crippen molar-refractivity contribution in [2.75, 3.05) is 5.32 Å². The zero-order valence-electron chi connectivity index (χ0n) is 22.6. The van der Waals surface area contributed by atoms with Gasteiger partial charge in [-0.2, -0.15) is 26.3 Å². The smallest absolute Gasteiger partial charge is 0.369 e. The minimum Gasteiger partial charge on any atom is -0.369 e. The van der Waals surface area contributed by atoms with Crippen molar-refractivity contribution in [3.63, 3.8) is 0 Å². The number of benzene rings is 2. The van der Waals surface area contributed by atoms with Gasteiger partial charge in [0.25, 0.3) is 5.91 Å². The van der Waals surface area contributed by atoms with Gasteiger partial charge >= 0.3 is 12.4 Å². The molecule has 2 aromatic carbocycles. The van der Waals surface area contributed by atoms with Crippen molar-refractivity contribution in [1.82, 2.24) is 5.32 Å². The van der Waals surface area contributed by atoms with Gasteiger partial charge in [0.15, 0.2) is 0 Å². The van der Waals surface area contributed by atoms with E-state index in [1.54, 1.807) is 24.3 Å². The molecule has 0 spiro atoms. The van der Waals surface area contributed by atoms with Crippen LogP contribution in [0.15, 0.2) is 41.4 Å². The van der Waals surface area contributed by atoms with E-state index in [-0.39, 0.29) is 16.4 Å². The maximum Gasteiger partial charge on any atom is 0.389 e. The number of fused-ring (bicyclic) bond motifs is 1. The molecular formula is C28H29ClF6N4O3. The van der Waals surface area contributed by atoms with E-state index in [1.165, 1.54) is 6.07 Å². The third-order valence-corrected chi connectivity index (χ3v) is 7.30. The molecule has 3 rings (SSSR count). The molecule has 0 aliphatic carbocycles. The van der Waals surface area contributed by atoms with Gasteiger partial charge in [0.2, 0.25) is 18.0 Å². The van der Waals surface area contributed by atoms with Crippen LogP contribution in [0.3, 0.4) is 0 Å². The number of halogens is 7. The summed E-state index contributed by atoms with van der Waals surface area (Å²) >= 11 is 6.34. The number of para-hydroxylation sites is 1. The Morgan fingerprint density at radius 2 is 1.67 bits per heavy atom. The third kappa shape index (κ3) is 8.70. The first kappa shape index (κ1) is 32.9. The first-order valence-corrected chi connectivity index (χ1v) is 13.3. The highest BCUT2D eigenvalue weighted by Gasteiger charge is 2.39. The summed E-state index contributed by atoms with van der Waals surface area (Å²) < 4.78 is 77.5. The average molecular weight is 619 g/mol. The molecule has 0 saturated carbocycles. The number of hydrogen-bond donors (Lipinski definition) is 3. The Morgan fingerprint density at radius 3 is 2.26 bits per heavy atom. The van der Waals surface area contributed by atoms with Crippen LogP contribution in [0.1, 0.15) is 54.4 Å². The van der Waals surface area contributed by atoms with Crippen LogP contribution < -0.4 is 16.4 Å². The number of amides is 3. The van der Waals surface area contributed by atoms with Gasteiger partial charge in [0, 0.05) is 35.8 Å². The number of primary amides is 1. The number of nitrogens with two attached hydrogens (primary N) is 1. The third-order valence-electron chi connectivity index (χ3n) is 6.98. The Labute approximate surface area is 242 Å². The molecule has 0 saturated heterocycles. The van der Waals surface area contributed by atoms with E-state index in [4.69, 9.17) is 17.3 Å². The second kappa shape index (κ2) is 13.1. The zero-order valence-corrected chi connectivity index (χ0v) is 23.4. The monoisotopic (exact) mass is 618 g/mol. The Kier molecular flexibility index (Phi) is 10.3. The summed E-state index contributed by atoms with van der Waals surface area (Å²) in [5.41, 5.74) is 8.58. The van der Waals surface area contributed by atoms with Gasteiger partial charge in [-0.1, -0.05) is 35.9 Å². The van der Waals surface area contributed by atoms with Gasteiger partial charge in [-0.3, -0.25) is 14.4 Å². The fraction of sp³-hybridized carbons (Fsp3) is 0.429. The number of anilines is 1. The van der Waals surface area contributed by atoms with E-state index in [0.29, 0.717) is 11.1 Å². The van der Waals surface area contributed by atoms with Crippen LogP contribution in [0.25, 0.3) is 0 Å². The summed E-state index contributed by atoms with van der Waals surface area (Å²) in [6.45, 7) is 3.74. The molecule has 3 atom stereocenters. The highest BCUT2D eigenvalue weighted by atomic mass is 35.5. The van der Waals surface area contributed by atoms with E-state index >= 15 is 0 Å². The summed E-state index contributed by atoms with van der Waals surface area (Å²) in [4.78, 5) is 43.2. The molecule has 1 heterocycles. The van der Waals surface area contributed by atoms with E-state index in [1.807, 2.05) is 19.9 Å². The number of aryl methyl sites for hydroxylation is 2. The Bertz CT molecular complexity index is 1380. The summed E-state index contributed by atoms with van der Waals surface area (Å²) in [6, 6.07) is 10.1. The van der Waals surface area contributed by atoms with Crippen molar-refractivity contribution in [3.05, 3.63) is 63.7 Å². The molecule has 42 heavy (non-hydrogen) atoms. The lowest BCUT2D eigenvalue weighted by Crippen LogP contribution is -2.48. The highest BCUT2D eigenvalue weighted by molar-refractivity contribution is 6.36. The van der Waals surface area contributed by atoms with E-state index in [0.717, 1.165) is 11.1 Å². The maximum absolute atomic E-state index is 13.4. The number of nitrogens with zero attached hydrogens (tertiary/aromatic N) is 1. The number of rotatable bonds is 10. The predicted octanol–water partition coefficient (Wildman–Crippen LogP) is 5.98.